The predicted octanol–water partition coefficient (Wildman–Crippen LogP) is 1.35. The first-order chi connectivity index (χ1) is 17.5. The number of nitrogens with one attached hydrogen (secondary N) is 2. The summed E-state index contributed by atoms with van der Waals surface area (Å²) in [6.45, 7) is 5.61. The standard InChI is InChI=1S/C22H29N5O3.C2HF3O2/c1-25-20-16(15-7-9-26(10-8-15)13-14-11-23-12-14)3-2-4-17(20)27(22(25)30)18-5-6-19(28)24-21(18)29;3-2(4,5)1(6)7/h2-4,14-15,18,23H,5-13H2,1H3,(H,24,28,29);(H,6,7). The molecule has 202 valence electrons. The summed E-state index contributed by atoms with van der Waals surface area (Å²) < 4.78 is 35.0. The molecule has 3 aliphatic heterocycles. The molecule has 0 spiro atoms. The first kappa shape index (κ1) is 26.9. The van der Waals surface area contributed by atoms with Gasteiger partial charge in [0.1, 0.15) is 6.04 Å². The fourth-order valence-corrected chi connectivity index (χ4v) is 5.30. The Kier molecular flexibility index (Phi) is 7.74. The van der Waals surface area contributed by atoms with Gasteiger partial charge in [-0.3, -0.25) is 24.0 Å². The van der Waals surface area contributed by atoms with Gasteiger partial charge in [-0.15, -0.1) is 0 Å². The number of carbonyl (C=O) groups is 3. The lowest BCUT2D eigenvalue weighted by atomic mass is 9.88. The monoisotopic (exact) mass is 525 g/mol. The Morgan fingerprint density at radius 3 is 2.30 bits per heavy atom. The summed E-state index contributed by atoms with van der Waals surface area (Å²) in [6.07, 6.45) is -2.30. The van der Waals surface area contributed by atoms with E-state index in [1.807, 2.05) is 12.1 Å². The van der Waals surface area contributed by atoms with Crippen LogP contribution in [0.1, 0.15) is 43.2 Å². The minimum atomic E-state index is -5.08. The van der Waals surface area contributed by atoms with Gasteiger partial charge in [-0.25, -0.2) is 9.59 Å². The number of rotatable bonds is 4. The van der Waals surface area contributed by atoms with Crippen molar-refractivity contribution in [3.8, 4) is 0 Å². The molecular weight excluding hydrogens is 495 g/mol. The first-order valence-corrected chi connectivity index (χ1v) is 12.2. The maximum Gasteiger partial charge on any atom is 0.490 e. The maximum absolute atomic E-state index is 13.1. The average Bonchev–Trinajstić information content (AvgIpc) is 3.07. The van der Waals surface area contributed by atoms with Crippen LogP contribution in [0.15, 0.2) is 23.0 Å². The van der Waals surface area contributed by atoms with Crippen molar-refractivity contribution in [1.29, 1.82) is 0 Å². The van der Waals surface area contributed by atoms with Crippen molar-refractivity contribution in [2.75, 3.05) is 32.7 Å². The second kappa shape index (κ2) is 10.7. The molecule has 37 heavy (non-hydrogen) atoms. The Hall–Kier alpha value is -3.19. The van der Waals surface area contributed by atoms with E-state index >= 15 is 0 Å². The number of aryl methyl sites for hydroxylation is 1. The third-order valence-electron chi connectivity index (χ3n) is 7.31. The molecule has 1 atom stereocenters. The van der Waals surface area contributed by atoms with Crippen LogP contribution in [-0.4, -0.2) is 75.8 Å². The number of imidazole rings is 1. The maximum atomic E-state index is 13.1. The zero-order chi connectivity index (χ0) is 26.9. The number of hydrogen-bond donors (Lipinski definition) is 3. The van der Waals surface area contributed by atoms with E-state index in [0.29, 0.717) is 12.3 Å². The predicted molar refractivity (Wildman–Crippen MR) is 127 cm³/mol. The smallest absolute Gasteiger partial charge is 0.475 e. The summed E-state index contributed by atoms with van der Waals surface area (Å²) in [4.78, 5) is 48.6. The van der Waals surface area contributed by atoms with Crippen LogP contribution in [0, 0.1) is 5.92 Å². The van der Waals surface area contributed by atoms with E-state index in [0.717, 1.165) is 56.0 Å². The number of amides is 2. The van der Waals surface area contributed by atoms with Crippen molar-refractivity contribution in [3.05, 3.63) is 34.2 Å². The summed E-state index contributed by atoms with van der Waals surface area (Å²) in [5, 5.41) is 12.8. The van der Waals surface area contributed by atoms with Gasteiger partial charge in [-0.1, -0.05) is 12.1 Å². The largest absolute Gasteiger partial charge is 0.490 e. The van der Waals surface area contributed by atoms with Crippen LogP contribution in [0.25, 0.3) is 11.0 Å². The normalized spacial score (nSPS) is 21.8. The molecule has 1 aromatic heterocycles. The molecule has 4 heterocycles. The molecule has 3 N–H and O–H groups in total. The summed E-state index contributed by atoms with van der Waals surface area (Å²) >= 11 is 0. The molecular formula is C24H30F3N5O5. The highest BCUT2D eigenvalue weighted by atomic mass is 19.4. The molecule has 2 amide bonds. The number of fused-ring (bicyclic) bond motifs is 1. The second-order valence-corrected chi connectivity index (χ2v) is 9.80. The molecule has 3 fully saturated rings. The number of alkyl halides is 3. The van der Waals surface area contributed by atoms with E-state index in [1.165, 1.54) is 12.1 Å². The van der Waals surface area contributed by atoms with E-state index < -0.39 is 18.2 Å². The Balaban J connectivity index is 0.000000405. The molecule has 13 heteroatoms. The Bertz CT molecular complexity index is 1240. The van der Waals surface area contributed by atoms with Gasteiger partial charge in [-0.05, 0) is 55.8 Å². The van der Waals surface area contributed by atoms with E-state index in [2.05, 4.69) is 21.6 Å². The summed E-state index contributed by atoms with van der Waals surface area (Å²) in [5.41, 5.74) is 2.72. The van der Waals surface area contributed by atoms with Crippen LogP contribution in [-0.2, 0) is 21.4 Å². The Morgan fingerprint density at radius 2 is 1.76 bits per heavy atom. The van der Waals surface area contributed by atoms with Gasteiger partial charge in [0, 0.05) is 33.1 Å². The minimum Gasteiger partial charge on any atom is -0.475 e. The minimum absolute atomic E-state index is 0.193. The van der Waals surface area contributed by atoms with E-state index in [1.54, 1.807) is 16.2 Å². The molecule has 1 aromatic carbocycles. The molecule has 0 saturated carbocycles. The lowest BCUT2D eigenvalue weighted by molar-refractivity contribution is -0.192. The number of piperidine rings is 2. The average molecular weight is 526 g/mol. The number of hydrogen-bond acceptors (Lipinski definition) is 6. The third kappa shape index (κ3) is 5.72. The van der Waals surface area contributed by atoms with Crippen molar-refractivity contribution in [3.63, 3.8) is 0 Å². The number of likely N-dealkylation sites (tertiary alicyclic amines) is 1. The van der Waals surface area contributed by atoms with E-state index in [9.17, 15) is 27.6 Å². The topological polar surface area (TPSA) is 126 Å². The molecule has 0 aliphatic carbocycles. The van der Waals surface area contributed by atoms with Crippen molar-refractivity contribution >= 4 is 28.8 Å². The highest BCUT2D eigenvalue weighted by Gasteiger charge is 2.38. The highest BCUT2D eigenvalue weighted by molar-refractivity contribution is 6.00. The van der Waals surface area contributed by atoms with Crippen molar-refractivity contribution < 1.29 is 32.7 Å². The number of carbonyl (C=O) groups excluding carboxylic acids is 2. The lowest BCUT2D eigenvalue weighted by Gasteiger charge is -2.37. The third-order valence-corrected chi connectivity index (χ3v) is 7.31. The van der Waals surface area contributed by atoms with Crippen LogP contribution in [0.4, 0.5) is 13.2 Å². The number of carboxylic acids is 1. The number of nitrogens with zero attached hydrogens (tertiary/aromatic N) is 3. The number of aromatic nitrogens is 2. The lowest BCUT2D eigenvalue weighted by Crippen LogP contribution is -2.49. The van der Waals surface area contributed by atoms with Gasteiger partial charge in [0.15, 0.2) is 0 Å². The number of benzene rings is 1. The van der Waals surface area contributed by atoms with Gasteiger partial charge in [0.05, 0.1) is 11.0 Å². The van der Waals surface area contributed by atoms with Crippen LogP contribution < -0.4 is 16.3 Å². The molecule has 0 radical (unpaired) electrons. The number of para-hydroxylation sites is 1. The zero-order valence-electron chi connectivity index (χ0n) is 20.4. The quantitative estimate of drug-likeness (QED) is 0.515. The Labute approximate surface area is 210 Å². The molecule has 1 unspecified atom stereocenters. The molecule has 3 aliphatic rings. The van der Waals surface area contributed by atoms with Gasteiger partial charge in [-0.2, -0.15) is 13.2 Å². The van der Waals surface area contributed by atoms with E-state index in [4.69, 9.17) is 9.90 Å². The molecule has 10 nitrogen and oxygen atoms in total. The van der Waals surface area contributed by atoms with Crippen LogP contribution in [0.3, 0.4) is 0 Å². The number of halogens is 3. The first-order valence-electron chi connectivity index (χ1n) is 12.2. The summed E-state index contributed by atoms with van der Waals surface area (Å²) in [5.74, 6) is -2.21. The number of imide groups is 1. The second-order valence-electron chi connectivity index (χ2n) is 9.80. The van der Waals surface area contributed by atoms with Crippen LogP contribution in [0.5, 0.6) is 0 Å². The van der Waals surface area contributed by atoms with Crippen molar-refractivity contribution in [2.45, 2.75) is 43.8 Å². The van der Waals surface area contributed by atoms with Gasteiger partial charge >= 0.3 is 17.8 Å². The fraction of sp³-hybridized carbons (Fsp3) is 0.583. The van der Waals surface area contributed by atoms with Crippen LogP contribution in [0.2, 0.25) is 0 Å². The summed E-state index contributed by atoms with van der Waals surface area (Å²) in [6, 6.07) is 5.41. The number of aliphatic carboxylic acids is 1. The molecule has 3 saturated heterocycles. The molecule has 0 bridgehead atoms. The highest BCUT2D eigenvalue weighted by Crippen LogP contribution is 2.34. The van der Waals surface area contributed by atoms with Gasteiger partial charge in [0.25, 0.3) is 0 Å². The van der Waals surface area contributed by atoms with Crippen LogP contribution >= 0.6 is 0 Å². The SMILES string of the molecule is Cn1c(=O)n(C2CCC(=O)NC2=O)c2cccc(C3CCN(CC4CNC4)CC3)c21.O=C(O)C(F)(F)F. The zero-order valence-corrected chi connectivity index (χ0v) is 20.4. The summed E-state index contributed by atoms with van der Waals surface area (Å²) in [7, 11) is 1.79. The van der Waals surface area contributed by atoms with Gasteiger partial charge < -0.3 is 15.3 Å². The molecule has 5 rings (SSSR count). The van der Waals surface area contributed by atoms with Crippen molar-refractivity contribution in [1.82, 2.24) is 24.7 Å². The van der Waals surface area contributed by atoms with Gasteiger partial charge in [0.2, 0.25) is 11.8 Å². The fourth-order valence-electron chi connectivity index (χ4n) is 5.30. The van der Waals surface area contributed by atoms with Crippen molar-refractivity contribution in [2.24, 2.45) is 13.0 Å². The number of carboxylic acid groups (broad SMARTS) is 1. The van der Waals surface area contributed by atoms with E-state index in [-0.39, 0.29) is 23.9 Å². The Morgan fingerprint density at radius 1 is 1.11 bits per heavy atom. The molecule has 2 aromatic rings.